The molecule has 1 unspecified atom stereocenters. The molecule has 0 aromatic heterocycles. The van der Waals surface area contributed by atoms with Gasteiger partial charge in [0.1, 0.15) is 0 Å². The fourth-order valence-corrected chi connectivity index (χ4v) is 2.28. The van der Waals surface area contributed by atoms with Gasteiger partial charge in [0.05, 0.1) is 6.61 Å². The minimum atomic E-state index is 0.0542. The van der Waals surface area contributed by atoms with Gasteiger partial charge in [-0.25, -0.2) is 0 Å². The Morgan fingerprint density at radius 3 is 2.75 bits per heavy atom. The van der Waals surface area contributed by atoms with Crippen molar-refractivity contribution >= 4 is 17.4 Å². The van der Waals surface area contributed by atoms with Crippen LogP contribution in [0, 0.1) is 0 Å². The highest BCUT2D eigenvalue weighted by Gasteiger charge is 2.14. The van der Waals surface area contributed by atoms with E-state index in [2.05, 4.69) is 23.9 Å². The van der Waals surface area contributed by atoms with Crippen LogP contribution in [0.2, 0.25) is 5.02 Å². The number of nitrogens with zero attached hydrogens (tertiary/aromatic N) is 2. The summed E-state index contributed by atoms with van der Waals surface area (Å²) in [7, 11) is 1.70. The molecule has 0 aliphatic heterocycles. The van der Waals surface area contributed by atoms with E-state index in [1.165, 1.54) is 0 Å². The maximum Gasteiger partial charge on any atom is 0.170 e. The van der Waals surface area contributed by atoms with E-state index in [1.54, 1.807) is 19.2 Å². The van der Waals surface area contributed by atoms with Crippen molar-refractivity contribution in [2.75, 3.05) is 20.3 Å². The molecule has 112 valence electrons. The number of methoxy groups -OCH3 is 1. The monoisotopic (exact) mass is 299 g/mol. The zero-order valence-corrected chi connectivity index (χ0v) is 12.9. The van der Waals surface area contributed by atoms with Crippen molar-refractivity contribution < 1.29 is 9.94 Å². The van der Waals surface area contributed by atoms with Crippen molar-refractivity contribution in [2.24, 2.45) is 10.9 Å². The average molecular weight is 300 g/mol. The van der Waals surface area contributed by atoms with E-state index in [9.17, 15) is 0 Å². The fraction of sp³-hybridized carbons (Fsp3) is 0.500. The molecule has 0 bridgehead atoms. The Balaban J connectivity index is 2.86. The summed E-state index contributed by atoms with van der Waals surface area (Å²) < 4.78 is 5.18. The van der Waals surface area contributed by atoms with Crippen LogP contribution in [0.4, 0.5) is 0 Å². The molecule has 0 saturated carbocycles. The Hall–Kier alpha value is -1.30. The molecule has 1 atom stereocenters. The van der Waals surface area contributed by atoms with Crippen LogP contribution in [-0.2, 0) is 11.3 Å². The first-order chi connectivity index (χ1) is 9.53. The van der Waals surface area contributed by atoms with E-state index in [0.29, 0.717) is 23.2 Å². The zero-order chi connectivity index (χ0) is 15.1. The normalized spacial score (nSPS) is 13.8. The number of nitrogens with two attached hydrogens (primary N) is 1. The number of rotatable bonds is 7. The Morgan fingerprint density at radius 1 is 1.55 bits per heavy atom. The molecule has 0 fully saturated rings. The van der Waals surface area contributed by atoms with Gasteiger partial charge in [0.15, 0.2) is 5.84 Å². The SMILES string of the molecule is CCN(Cc1ccc(/C(N)=N/O)cc1Cl)C(C)COC. The number of benzene rings is 1. The lowest BCUT2D eigenvalue weighted by Crippen LogP contribution is -2.35. The van der Waals surface area contributed by atoms with Crippen molar-refractivity contribution in [2.45, 2.75) is 26.4 Å². The number of halogens is 1. The molecule has 0 spiro atoms. The highest BCUT2D eigenvalue weighted by atomic mass is 35.5. The second-order valence-electron chi connectivity index (χ2n) is 4.66. The van der Waals surface area contributed by atoms with Crippen LogP contribution in [0.3, 0.4) is 0 Å². The number of hydrogen-bond donors (Lipinski definition) is 2. The van der Waals surface area contributed by atoms with Crippen LogP contribution >= 0.6 is 11.6 Å². The van der Waals surface area contributed by atoms with Gasteiger partial charge in [-0.3, -0.25) is 4.90 Å². The quantitative estimate of drug-likeness (QED) is 0.351. The summed E-state index contributed by atoms with van der Waals surface area (Å²) in [4.78, 5) is 2.27. The van der Waals surface area contributed by atoms with Crippen LogP contribution in [0.5, 0.6) is 0 Å². The van der Waals surface area contributed by atoms with Crippen LogP contribution in [0.15, 0.2) is 23.4 Å². The first-order valence-electron chi connectivity index (χ1n) is 6.52. The summed E-state index contributed by atoms with van der Waals surface area (Å²) in [6.45, 7) is 6.53. The average Bonchev–Trinajstić information content (AvgIpc) is 2.45. The Bertz CT molecular complexity index is 466. The van der Waals surface area contributed by atoms with Crippen LogP contribution in [-0.4, -0.2) is 42.2 Å². The molecular formula is C14H22ClN3O2. The summed E-state index contributed by atoms with van der Waals surface area (Å²) >= 11 is 6.26. The van der Waals surface area contributed by atoms with Gasteiger partial charge in [-0.05, 0) is 25.1 Å². The molecule has 0 amide bonds. The van der Waals surface area contributed by atoms with Crippen LogP contribution in [0.1, 0.15) is 25.0 Å². The van der Waals surface area contributed by atoms with E-state index >= 15 is 0 Å². The molecule has 3 N–H and O–H groups in total. The first kappa shape index (κ1) is 16.8. The van der Waals surface area contributed by atoms with Crippen molar-refractivity contribution in [3.05, 3.63) is 34.3 Å². The third-order valence-corrected chi connectivity index (χ3v) is 3.62. The number of hydrogen-bond acceptors (Lipinski definition) is 4. The number of likely N-dealkylation sites (N-methyl/N-ethyl adjacent to an activating group) is 1. The molecule has 20 heavy (non-hydrogen) atoms. The smallest absolute Gasteiger partial charge is 0.170 e. The van der Waals surface area contributed by atoms with E-state index in [-0.39, 0.29) is 5.84 Å². The lowest BCUT2D eigenvalue weighted by atomic mass is 10.1. The molecule has 0 radical (unpaired) electrons. The fourth-order valence-electron chi connectivity index (χ4n) is 2.04. The second-order valence-corrected chi connectivity index (χ2v) is 5.07. The van der Waals surface area contributed by atoms with Gasteiger partial charge < -0.3 is 15.7 Å². The lowest BCUT2D eigenvalue weighted by molar-refractivity contribution is 0.0982. The predicted molar refractivity (Wildman–Crippen MR) is 81.4 cm³/mol. The summed E-state index contributed by atoms with van der Waals surface area (Å²) in [5.74, 6) is 0.0542. The largest absolute Gasteiger partial charge is 0.409 e. The van der Waals surface area contributed by atoms with Gasteiger partial charge in [0.2, 0.25) is 0 Å². The highest BCUT2D eigenvalue weighted by molar-refractivity contribution is 6.31. The second kappa shape index (κ2) is 8.09. The highest BCUT2D eigenvalue weighted by Crippen LogP contribution is 2.20. The number of amidine groups is 1. The van der Waals surface area contributed by atoms with Gasteiger partial charge in [0.25, 0.3) is 0 Å². The van der Waals surface area contributed by atoms with Gasteiger partial charge in [-0.15, -0.1) is 0 Å². The summed E-state index contributed by atoms with van der Waals surface area (Å²) in [6.07, 6.45) is 0. The molecule has 5 nitrogen and oxygen atoms in total. The molecule has 0 aliphatic carbocycles. The molecule has 1 aromatic carbocycles. The van der Waals surface area contributed by atoms with Gasteiger partial charge in [-0.1, -0.05) is 35.8 Å². The first-order valence-corrected chi connectivity index (χ1v) is 6.90. The summed E-state index contributed by atoms with van der Waals surface area (Å²) in [5.41, 5.74) is 7.15. The minimum Gasteiger partial charge on any atom is -0.409 e. The van der Waals surface area contributed by atoms with Crippen molar-refractivity contribution in [1.82, 2.24) is 4.90 Å². The van der Waals surface area contributed by atoms with E-state index in [0.717, 1.165) is 18.7 Å². The van der Waals surface area contributed by atoms with Gasteiger partial charge >= 0.3 is 0 Å². The Kier molecular flexibility index (Phi) is 6.78. The molecule has 0 heterocycles. The van der Waals surface area contributed by atoms with Gasteiger partial charge in [-0.2, -0.15) is 0 Å². The molecular weight excluding hydrogens is 278 g/mol. The van der Waals surface area contributed by atoms with E-state index in [4.69, 9.17) is 27.3 Å². The molecule has 0 aliphatic rings. The number of ether oxygens (including phenoxy) is 1. The van der Waals surface area contributed by atoms with Crippen LogP contribution < -0.4 is 5.73 Å². The minimum absolute atomic E-state index is 0.0542. The van der Waals surface area contributed by atoms with E-state index < -0.39 is 0 Å². The van der Waals surface area contributed by atoms with Crippen molar-refractivity contribution in [1.29, 1.82) is 0 Å². The molecule has 1 rings (SSSR count). The van der Waals surface area contributed by atoms with E-state index in [1.807, 2.05) is 6.07 Å². The third kappa shape index (κ3) is 4.37. The summed E-state index contributed by atoms with van der Waals surface area (Å²) in [5, 5.41) is 12.2. The zero-order valence-electron chi connectivity index (χ0n) is 12.1. The summed E-state index contributed by atoms with van der Waals surface area (Å²) in [6, 6.07) is 5.72. The van der Waals surface area contributed by atoms with Crippen molar-refractivity contribution in [3.8, 4) is 0 Å². The number of oxime groups is 1. The lowest BCUT2D eigenvalue weighted by Gasteiger charge is -2.27. The maximum atomic E-state index is 8.66. The molecule has 1 aromatic rings. The Morgan fingerprint density at radius 2 is 2.25 bits per heavy atom. The Labute approximate surface area is 125 Å². The molecule has 0 saturated heterocycles. The van der Waals surface area contributed by atoms with Crippen LogP contribution in [0.25, 0.3) is 0 Å². The standard InChI is InChI=1S/C14H22ClN3O2/c1-4-18(10(2)9-20-3)8-12-6-5-11(7-13(12)15)14(16)17-19/h5-7,10,19H,4,8-9H2,1-3H3,(H2,16,17). The van der Waals surface area contributed by atoms with Crippen molar-refractivity contribution in [3.63, 3.8) is 0 Å². The third-order valence-electron chi connectivity index (χ3n) is 3.27. The van der Waals surface area contributed by atoms with Gasteiger partial charge in [0, 0.05) is 30.3 Å². The maximum absolute atomic E-state index is 8.66. The topological polar surface area (TPSA) is 71.1 Å². The molecule has 6 heteroatoms. The predicted octanol–water partition coefficient (Wildman–Crippen LogP) is 2.29.